The first kappa shape index (κ1) is 14.7. The van der Waals surface area contributed by atoms with Gasteiger partial charge in [-0.3, -0.25) is 0 Å². The van der Waals surface area contributed by atoms with Crippen LogP contribution in [0.3, 0.4) is 0 Å². The van der Waals surface area contributed by atoms with E-state index in [2.05, 4.69) is 32.9 Å². The summed E-state index contributed by atoms with van der Waals surface area (Å²) in [5, 5.41) is 25.9. The smallest absolute Gasteiger partial charge is 0.276 e. The van der Waals surface area contributed by atoms with Gasteiger partial charge in [0.2, 0.25) is 0 Å². The first-order chi connectivity index (χ1) is 11.2. The molecule has 3 aromatic rings. The quantitative estimate of drug-likeness (QED) is 0.595. The molecule has 0 saturated heterocycles. The highest BCUT2D eigenvalue weighted by atomic mass is 32.1. The molecule has 0 amide bonds. The number of rotatable bonds is 4. The lowest BCUT2D eigenvalue weighted by Crippen LogP contribution is -3.08. The summed E-state index contributed by atoms with van der Waals surface area (Å²) in [6.45, 7) is 4.26. The van der Waals surface area contributed by atoms with Gasteiger partial charge in [-0.1, -0.05) is 12.0 Å². The van der Waals surface area contributed by atoms with E-state index >= 15 is 0 Å². The second-order valence-corrected chi connectivity index (χ2v) is 7.18. The van der Waals surface area contributed by atoms with Crippen LogP contribution in [-0.4, -0.2) is 56.4 Å². The van der Waals surface area contributed by atoms with Crippen molar-refractivity contribution in [2.24, 2.45) is 0 Å². The van der Waals surface area contributed by atoms with E-state index in [9.17, 15) is 5.11 Å². The molecule has 0 bridgehead atoms. The Labute approximate surface area is 137 Å². The molecule has 9 heteroatoms. The van der Waals surface area contributed by atoms with Crippen LogP contribution in [0, 0.1) is 0 Å². The molecule has 8 nitrogen and oxygen atoms in total. The van der Waals surface area contributed by atoms with Crippen LogP contribution in [0.5, 0.6) is 0 Å². The average Bonchev–Trinajstić information content (AvgIpc) is 3.15. The molecule has 4 rings (SSSR count). The molecule has 0 saturated carbocycles. The summed E-state index contributed by atoms with van der Waals surface area (Å²) in [7, 11) is 2.22. The molecular weight excluding hydrogens is 314 g/mol. The van der Waals surface area contributed by atoms with Crippen LogP contribution in [0.25, 0.3) is 16.0 Å². The van der Waals surface area contributed by atoms with Gasteiger partial charge in [0.05, 0.1) is 36.5 Å². The highest BCUT2D eigenvalue weighted by Gasteiger charge is 2.26. The van der Waals surface area contributed by atoms with Crippen LogP contribution in [0.2, 0.25) is 0 Å². The van der Waals surface area contributed by atoms with Gasteiger partial charge in [0.25, 0.3) is 5.78 Å². The molecular formula is C14H20N7OS+. The Balaban J connectivity index is 1.95. The van der Waals surface area contributed by atoms with E-state index in [0.717, 1.165) is 42.0 Å². The first-order valence-corrected chi connectivity index (χ1v) is 8.74. The number of aliphatic hydroxyl groups is 1. The van der Waals surface area contributed by atoms with Crippen molar-refractivity contribution in [1.29, 1.82) is 0 Å². The number of nitrogens with zero attached hydrogens (tertiary/aromatic N) is 5. The molecule has 1 aliphatic heterocycles. The molecule has 3 aromatic heterocycles. The van der Waals surface area contributed by atoms with Gasteiger partial charge in [0.1, 0.15) is 17.2 Å². The number of hydrogen-bond acceptors (Lipinski definition) is 7. The number of tetrazole rings is 1. The Morgan fingerprint density at radius 2 is 2.35 bits per heavy atom. The van der Waals surface area contributed by atoms with Crippen molar-refractivity contribution < 1.29 is 10.0 Å². The molecule has 3 N–H and O–H groups in total. The van der Waals surface area contributed by atoms with Crippen molar-refractivity contribution in [3.63, 3.8) is 0 Å². The molecule has 4 heterocycles. The van der Waals surface area contributed by atoms with Crippen molar-refractivity contribution in [3.8, 4) is 0 Å². The molecule has 0 spiro atoms. The van der Waals surface area contributed by atoms with Gasteiger partial charge in [-0.25, -0.2) is 0 Å². The van der Waals surface area contributed by atoms with E-state index in [0.29, 0.717) is 5.78 Å². The monoisotopic (exact) mass is 334 g/mol. The van der Waals surface area contributed by atoms with E-state index in [1.165, 1.54) is 15.3 Å². The average molecular weight is 334 g/mol. The molecule has 2 atom stereocenters. The zero-order valence-electron chi connectivity index (χ0n) is 13.2. The number of thiophene rings is 1. The fraction of sp³-hybridized carbons (Fsp3) is 0.571. The zero-order valence-corrected chi connectivity index (χ0v) is 14.0. The number of nitrogens with one attached hydrogen (secondary N) is 2. The number of hydrogen-bond donors (Lipinski definition) is 3. The fourth-order valence-corrected chi connectivity index (χ4v) is 4.52. The number of quaternary nitrogens is 1. The fourth-order valence-electron chi connectivity index (χ4n) is 3.11. The number of anilines is 1. The van der Waals surface area contributed by atoms with Crippen molar-refractivity contribution in [2.45, 2.75) is 32.4 Å². The summed E-state index contributed by atoms with van der Waals surface area (Å²) in [6, 6.07) is -0.0172. The Bertz CT molecular complexity index is 854. The minimum atomic E-state index is -0.0172. The maximum Gasteiger partial charge on any atom is 0.276 e. The van der Waals surface area contributed by atoms with Gasteiger partial charge < -0.3 is 15.3 Å². The molecule has 1 aliphatic rings. The van der Waals surface area contributed by atoms with Gasteiger partial charge in [0.15, 0.2) is 0 Å². The van der Waals surface area contributed by atoms with Gasteiger partial charge in [-0.05, 0) is 22.4 Å². The van der Waals surface area contributed by atoms with E-state index in [1.54, 1.807) is 15.9 Å². The van der Waals surface area contributed by atoms with Crippen LogP contribution in [-0.2, 0) is 13.0 Å². The van der Waals surface area contributed by atoms with Gasteiger partial charge >= 0.3 is 0 Å². The van der Waals surface area contributed by atoms with E-state index in [-0.39, 0.29) is 12.6 Å². The number of aromatic nitrogens is 5. The third-order valence-corrected chi connectivity index (χ3v) is 5.69. The molecule has 0 aromatic carbocycles. The lowest BCUT2D eigenvalue weighted by molar-refractivity contribution is -0.895. The van der Waals surface area contributed by atoms with Crippen LogP contribution >= 0.6 is 11.3 Å². The van der Waals surface area contributed by atoms with Crippen LogP contribution in [0.4, 0.5) is 5.82 Å². The summed E-state index contributed by atoms with van der Waals surface area (Å²) >= 11 is 1.75. The van der Waals surface area contributed by atoms with E-state index < -0.39 is 0 Å². The highest BCUT2D eigenvalue weighted by Crippen LogP contribution is 2.36. The minimum Gasteiger partial charge on any atom is -0.394 e. The number of aliphatic hydroxyl groups excluding tert-OH is 1. The number of likely N-dealkylation sites (N-methyl/N-ethyl adjacent to an activating group) is 1. The van der Waals surface area contributed by atoms with Crippen LogP contribution in [0.15, 0.2) is 0 Å². The Morgan fingerprint density at radius 3 is 3.13 bits per heavy atom. The molecule has 1 unspecified atom stereocenters. The lowest BCUT2D eigenvalue weighted by atomic mass is 10.1. The SMILES string of the molecule is CC[C@@H](CO)Nc1nc2nnnn2c2sc3c(c12)CC[NH+](C)C3. The topological polar surface area (TPSA) is 92.7 Å². The Kier molecular flexibility index (Phi) is 3.63. The summed E-state index contributed by atoms with van der Waals surface area (Å²) < 4.78 is 1.72. The van der Waals surface area contributed by atoms with Crippen LogP contribution in [0.1, 0.15) is 23.8 Å². The lowest BCUT2D eigenvalue weighted by Gasteiger charge is -2.20. The molecule has 23 heavy (non-hydrogen) atoms. The van der Waals surface area contributed by atoms with Gasteiger partial charge in [-0.15, -0.1) is 11.3 Å². The standard InChI is InChI=1S/C14H19N7OS/c1-3-8(7-22)15-12-11-9-4-5-20(2)6-10(9)23-13(11)21-14(16-12)17-18-19-21/h8,22H,3-7H2,1-2H3,(H,15,16,17,19)/p+1/t8-/m0/s1. The number of fused-ring (bicyclic) bond motifs is 5. The van der Waals surface area contributed by atoms with Crippen LogP contribution < -0.4 is 10.2 Å². The first-order valence-electron chi connectivity index (χ1n) is 7.92. The Hall–Kier alpha value is -1.84. The summed E-state index contributed by atoms with van der Waals surface area (Å²) in [4.78, 5) is 8.54. The maximum atomic E-state index is 9.52. The van der Waals surface area contributed by atoms with E-state index in [1.807, 2.05) is 6.92 Å². The zero-order chi connectivity index (χ0) is 16.0. The third-order valence-electron chi connectivity index (χ3n) is 4.48. The van der Waals surface area contributed by atoms with E-state index in [4.69, 9.17) is 0 Å². The van der Waals surface area contributed by atoms with Gasteiger partial charge in [0, 0.05) is 6.42 Å². The minimum absolute atomic E-state index is 0.0172. The van der Waals surface area contributed by atoms with Crippen molar-refractivity contribution in [1.82, 2.24) is 25.0 Å². The van der Waals surface area contributed by atoms with Crippen molar-refractivity contribution >= 4 is 33.1 Å². The summed E-state index contributed by atoms with van der Waals surface area (Å²) in [5.74, 6) is 1.28. The Morgan fingerprint density at radius 1 is 1.48 bits per heavy atom. The summed E-state index contributed by atoms with van der Waals surface area (Å²) in [5.41, 5.74) is 1.36. The molecule has 0 fully saturated rings. The molecule has 0 radical (unpaired) electrons. The molecule has 0 aliphatic carbocycles. The largest absolute Gasteiger partial charge is 0.394 e. The van der Waals surface area contributed by atoms with Crippen molar-refractivity contribution in [2.75, 3.05) is 25.5 Å². The predicted octanol–water partition coefficient (Wildman–Crippen LogP) is -0.512. The second kappa shape index (κ2) is 5.66. The second-order valence-electron chi connectivity index (χ2n) is 6.10. The predicted molar refractivity (Wildman–Crippen MR) is 87.9 cm³/mol. The third kappa shape index (κ3) is 2.35. The maximum absolute atomic E-state index is 9.52. The van der Waals surface area contributed by atoms with Gasteiger partial charge in [-0.2, -0.15) is 9.50 Å². The highest BCUT2D eigenvalue weighted by molar-refractivity contribution is 7.19. The molecule has 122 valence electrons. The van der Waals surface area contributed by atoms with Crippen molar-refractivity contribution in [3.05, 3.63) is 10.4 Å². The normalized spacial score (nSPS) is 19.2. The summed E-state index contributed by atoms with van der Waals surface area (Å²) in [6.07, 6.45) is 1.86.